The molecule has 7 nitrogen and oxygen atoms in total. The van der Waals surface area contributed by atoms with E-state index in [0.717, 1.165) is 31.6 Å². The quantitative estimate of drug-likeness (QED) is 0.671. The molecular formula is C21H26ClN3O4S. The van der Waals surface area contributed by atoms with Gasteiger partial charge in [0, 0.05) is 18.1 Å². The second kappa shape index (κ2) is 9.68. The van der Waals surface area contributed by atoms with Crippen molar-refractivity contribution in [3.05, 3.63) is 47.5 Å². The van der Waals surface area contributed by atoms with Crippen LogP contribution in [0.25, 0.3) is 0 Å². The van der Waals surface area contributed by atoms with Crippen molar-refractivity contribution in [2.45, 2.75) is 37.1 Å². The molecule has 162 valence electrons. The third-order valence-electron chi connectivity index (χ3n) is 5.01. The minimum absolute atomic E-state index is 0.0553. The third kappa shape index (κ3) is 5.44. The summed E-state index contributed by atoms with van der Waals surface area (Å²) < 4.78 is 32.7. The molecule has 2 aromatic carbocycles. The summed E-state index contributed by atoms with van der Waals surface area (Å²) >= 11 is 6.14. The van der Waals surface area contributed by atoms with Gasteiger partial charge in [-0.05, 0) is 68.7 Å². The van der Waals surface area contributed by atoms with Gasteiger partial charge in [-0.3, -0.25) is 4.79 Å². The fourth-order valence-electron chi connectivity index (χ4n) is 3.37. The predicted molar refractivity (Wildman–Crippen MR) is 119 cm³/mol. The highest BCUT2D eigenvalue weighted by Crippen LogP contribution is 2.31. The Morgan fingerprint density at radius 3 is 2.40 bits per heavy atom. The number of anilines is 2. The number of hydrogen-bond donors (Lipinski definition) is 2. The molecule has 1 fully saturated rings. The summed E-state index contributed by atoms with van der Waals surface area (Å²) in [5.41, 5.74) is 1.46. The second-order valence-corrected chi connectivity index (χ2v) is 9.37. The average Bonchev–Trinajstić information content (AvgIpc) is 2.74. The topological polar surface area (TPSA) is 87.7 Å². The number of carbonyl (C=O) groups is 1. The van der Waals surface area contributed by atoms with E-state index < -0.39 is 22.0 Å². The molecule has 1 atom stereocenters. The van der Waals surface area contributed by atoms with Crippen LogP contribution in [0, 0.1) is 0 Å². The van der Waals surface area contributed by atoms with Gasteiger partial charge >= 0.3 is 0 Å². The molecule has 0 spiro atoms. The van der Waals surface area contributed by atoms with Crippen LogP contribution in [-0.2, 0) is 14.8 Å². The first-order valence-electron chi connectivity index (χ1n) is 9.82. The molecule has 1 aliphatic heterocycles. The number of rotatable bonds is 7. The number of nitrogens with one attached hydrogen (secondary N) is 2. The smallest absolute Gasteiger partial charge is 0.242 e. The normalized spacial score (nSPS) is 15.5. The summed E-state index contributed by atoms with van der Waals surface area (Å²) in [4.78, 5) is 15.0. The van der Waals surface area contributed by atoms with Crippen molar-refractivity contribution < 1.29 is 17.9 Å². The number of sulfonamides is 1. The molecule has 1 saturated heterocycles. The fourth-order valence-corrected chi connectivity index (χ4v) is 4.74. The monoisotopic (exact) mass is 451 g/mol. The first-order chi connectivity index (χ1) is 14.3. The lowest BCUT2D eigenvalue weighted by Crippen LogP contribution is -2.41. The Labute approximate surface area is 182 Å². The first-order valence-corrected chi connectivity index (χ1v) is 11.7. The number of piperidine rings is 1. The van der Waals surface area contributed by atoms with E-state index in [1.807, 2.05) is 6.07 Å². The Morgan fingerprint density at radius 2 is 1.77 bits per heavy atom. The maximum absolute atomic E-state index is 12.7. The molecule has 0 aliphatic carbocycles. The van der Waals surface area contributed by atoms with Crippen LogP contribution >= 0.6 is 11.6 Å². The number of benzene rings is 2. The van der Waals surface area contributed by atoms with Crippen LogP contribution in [0.5, 0.6) is 5.75 Å². The molecule has 0 radical (unpaired) electrons. The Balaban J connectivity index is 1.73. The molecule has 2 N–H and O–H groups in total. The molecule has 3 rings (SSSR count). The average molecular weight is 452 g/mol. The fraction of sp³-hybridized carbons (Fsp3) is 0.381. The highest BCUT2D eigenvalue weighted by Gasteiger charge is 2.24. The first kappa shape index (κ1) is 22.4. The molecule has 9 heteroatoms. The van der Waals surface area contributed by atoms with Crippen LogP contribution in [0.2, 0.25) is 5.02 Å². The lowest BCUT2D eigenvalue weighted by atomic mass is 10.1. The van der Waals surface area contributed by atoms with Crippen molar-refractivity contribution in [2.75, 3.05) is 30.4 Å². The molecule has 1 amide bonds. The summed E-state index contributed by atoms with van der Waals surface area (Å²) in [5.74, 6) is 0.0820. The van der Waals surface area contributed by atoms with E-state index in [2.05, 4.69) is 14.9 Å². The molecule has 1 aliphatic rings. The zero-order valence-corrected chi connectivity index (χ0v) is 18.6. The van der Waals surface area contributed by atoms with Crippen LogP contribution in [0.3, 0.4) is 0 Å². The number of nitrogens with zero attached hydrogens (tertiary/aromatic N) is 1. The van der Waals surface area contributed by atoms with Gasteiger partial charge in [-0.1, -0.05) is 11.6 Å². The molecule has 30 heavy (non-hydrogen) atoms. The Morgan fingerprint density at radius 1 is 1.10 bits per heavy atom. The largest absolute Gasteiger partial charge is 0.497 e. The van der Waals surface area contributed by atoms with Gasteiger partial charge < -0.3 is 15.0 Å². The molecule has 0 unspecified atom stereocenters. The number of hydrogen-bond acceptors (Lipinski definition) is 5. The standard InChI is InChI=1S/C21H26ClN3O4S/c1-15(24-30(27,28)18-9-7-17(29-2)8-10-18)21(26)23-19-14-16(22)6-11-20(19)25-12-4-3-5-13-25/h6-11,14-15,24H,3-5,12-13H2,1-2H3,(H,23,26)/t15-/m1/s1. The van der Waals surface area contributed by atoms with Crippen LogP contribution < -0.4 is 19.7 Å². The van der Waals surface area contributed by atoms with E-state index in [1.165, 1.54) is 32.6 Å². The lowest BCUT2D eigenvalue weighted by Gasteiger charge is -2.31. The molecule has 2 aromatic rings. The lowest BCUT2D eigenvalue weighted by molar-refractivity contribution is -0.117. The van der Waals surface area contributed by atoms with Gasteiger partial charge in [0.15, 0.2) is 0 Å². The number of methoxy groups -OCH3 is 1. The number of amides is 1. The predicted octanol–water partition coefficient (Wildman–Crippen LogP) is 3.64. The summed E-state index contributed by atoms with van der Waals surface area (Å²) in [6, 6.07) is 10.3. The minimum Gasteiger partial charge on any atom is -0.497 e. The summed E-state index contributed by atoms with van der Waals surface area (Å²) in [7, 11) is -2.36. The number of halogens is 1. The van der Waals surface area contributed by atoms with Gasteiger partial charge in [0.1, 0.15) is 5.75 Å². The third-order valence-corrected chi connectivity index (χ3v) is 6.80. The maximum atomic E-state index is 12.7. The molecule has 0 aromatic heterocycles. The Bertz CT molecular complexity index is 990. The zero-order valence-electron chi connectivity index (χ0n) is 17.0. The summed E-state index contributed by atoms with van der Waals surface area (Å²) in [6.45, 7) is 3.32. The van der Waals surface area contributed by atoms with Gasteiger partial charge in [-0.2, -0.15) is 4.72 Å². The van der Waals surface area contributed by atoms with E-state index in [1.54, 1.807) is 24.3 Å². The van der Waals surface area contributed by atoms with Crippen molar-refractivity contribution in [1.29, 1.82) is 0 Å². The van der Waals surface area contributed by atoms with Crippen LogP contribution in [0.15, 0.2) is 47.4 Å². The molecule has 0 bridgehead atoms. The Kier molecular flexibility index (Phi) is 7.23. The summed E-state index contributed by atoms with van der Waals surface area (Å²) in [5, 5.41) is 3.33. The maximum Gasteiger partial charge on any atom is 0.242 e. The van der Waals surface area contributed by atoms with Gasteiger partial charge in [0.25, 0.3) is 0 Å². The van der Waals surface area contributed by atoms with Gasteiger partial charge in [0.05, 0.1) is 29.4 Å². The van der Waals surface area contributed by atoms with Crippen molar-refractivity contribution in [3.8, 4) is 5.75 Å². The van der Waals surface area contributed by atoms with Gasteiger partial charge in [0.2, 0.25) is 15.9 Å². The number of ether oxygens (including phenoxy) is 1. The summed E-state index contributed by atoms with van der Waals surface area (Å²) in [6.07, 6.45) is 3.37. The van der Waals surface area contributed by atoms with Crippen LogP contribution in [-0.4, -0.2) is 40.6 Å². The highest BCUT2D eigenvalue weighted by molar-refractivity contribution is 7.89. The van der Waals surface area contributed by atoms with Gasteiger partial charge in [-0.25, -0.2) is 8.42 Å². The van der Waals surface area contributed by atoms with E-state index in [9.17, 15) is 13.2 Å². The van der Waals surface area contributed by atoms with Crippen molar-refractivity contribution in [2.24, 2.45) is 0 Å². The number of carbonyl (C=O) groups excluding carboxylic acids is 1. The van der Waals surface area contributed by atoms with Crippen molar-refractivity contribution >= 4 is 38.9 Å². The highest BCUT2D eigenvalue weighted by atomic mass is 35.5. The SMILES string of the molecule is COc1ccc(S(=O)(=O)N[C@H](C)C(=O)Nc2cc(Cl)ccc2N2CCCCC2)cc1. The van der Waals surface area contributed by atoms with E-state index in [-0.39, 0.29) is 4.90 Å². The van der Waals surface area contributed by atoms with Crippen LogP contribution in [0.4, 0.5) is 11.4 Å². The van der Waals surface area contributed by atoms with Crippen LogP contribution in [0.1, 0.15) is 26.2 Å². The van der Waals surface area contributed by atoms with E-state index in [0.29, 0.717) is 16.5 Å². The zero-order chi connectivity index (χ0) is 21.7. The van der Waals surface area contributed by atoms with Crippen molar-refractivity contribution in [1.82, 2.24) is 4.72 Å². The molecular weight excluding hydrogens is 426 g/mol. The molecule has 0 saturated carbocycles. The van der Waals surface area contributed by atoms with Gasteiger partial charge in [-0.15, -0.1) is 0 Å². The minimum atomic E-state index is -3.86. The Hall–Kier alpha value is -2.29. The second-order valence-electron chi connectivity index (χ2n) is 7.22. The van der Waals surface area contributed by atoms with Crippen molar-refractivity contribution in [3.63, 3.8) is 0 Å². The van der Waals surface area contributed by atoms with E-state index in [4.69, 9.17) is 16.3 Å². The molecule has 1 heterocycles. The van der Waals surface area contributed by atoms with E-state index >= 15 is 0 Å².